The maximum atomic E-state index is 12.6. The Bertz CT molecular complexity index is 766. The minimum atomic E-state index is 0.177. The zero-order chi connectivity index (χ0) is 13.9. The van der Waals surface area contributed by atoms with Crippen LogP contribution in [0.25, 0.3) is 10.8 Å². The fourth-order valence-electron chi connectivity index (χ4n) is 2.55. The van der Waals surface area contributed by atoms with Crippen LogP contribution in [-0.4, -0.2) is 5.78 Å². The fraction of sp³-hybridized carbons (Fsp3) is 0.105. The maximum absolute atomic E-state index is 12.6. The summed E-state index contributed by atoms with van der Waals surface area (Å²) in [5.74, 6) is 0.177. The molecule has 0 aliphatic rings. The van der Waals surface area contributed by atoms with Gasteiger partial charge in [-0.05, 0) is 28.8 Å². The van der Waals surface area contributed by atoms with E-state index in [-0.39, 0.29) is 5.78 Å². The van der Waals surface area contributed by atoms with Crippen LogP contribution in [0.2, 0.25) is 0 Å². The molecule has 0 saturated heterocycles. The molecule has 0 amide bonds. The van der Waals surface area contributed by atoms with Crippen LogP contribution in [0.4, 0.5) is 0 Å². The summed E-state index contributed by atoms with van der Waals surface area (Å²) in [7, 11) is 0. The molecule has 3 aromatic carbocycles. The van der Waals surface area contributed by atoms with E-state index in [1.807, 2.05) is 73.7 Å². The van der Waals surface area contributed by atoms with Crippen molar-refractivity contribution in [1.29, 1.82) is 0 Å². The molecule has 0 atom stereocenters. The molecule has 1 nitrogen and oxygen atoms in total. The summed E-state index contributed by atoms with van der Waals surface area (Å²) in [6.07, 6.45) is 0.459. The quantitative estimate of drug-likeness (QED) is 0.630. The van der Waals surface area contributed by atoms with E-state index in [0.29, 0.717) is 6.42 Å². The summed E-state index contributed by atoms with van der Waals surface area (Å²) in [6.45, 7) is 2.05. The smallest absolute Gasteiger partial charge is 0.167 e. The molecule has 0 bridgehead atoms. The lowest BCUT2D eigenvalue weighted by Gasteiger charge is -2.07. The van der Waals surface area contributed by atoms with Gasteiger partial charge < -0.3 is 0 Å². The lowest BCUT2D eigenvalue weighted by atomic mass is 9.96. The average molecular weight is 260 g/mol. The van der Waals surface area contributed by atoms with Crippen molar-refractivity contribution >= 4 is 16.6 Å². The van der Waals surface area contributed by atoms with Crippen LogP contribution in [0.3, 0.4) is 0 Å². The van der Waals surface area contributed by atoms with Crippen LogP contribution in [0.5, 0.6) is 0 Å². The van der Waals surface area contributed by atoms with Crippen molar-refractivity contribution < 1.29 is 4.79 Å². The van der Waals surface area contributed by atoms with E-state index in [1.54, 1.807) is 0 Å². The molecule has 0 fully saturated rings. The van der Waals surface area contributed by atoms with E-state index < -0.39 is 0 Å². The molecule has 1 heteroatoms. The highest BCUT2D eigenvalue weighted by atomic mass is 16.1. The normalized spacial score (nSPS) is 10.7. The number of carbonyl (C=O) groups is 1. The van der Waals surface area contributed by atoms with E-state index in [9.17, 15) is 4.79 Å². The number of aryl methyl sites for hydroxylation is 1. The molecular weight excluding hydrogens is 244 g/mol. The van der Waals surface area contributed by atoms with Crippen LogP contribution in [0, 0.1) is 6.92 Å². The van der Waals surface area contributed by atoms with E-state index in [2.05, 4.69) is 0 Å². The zero-order valence-corrected chi connectivity index (χ0v) is 11.5. The highest BCUT2D eigenvalue weighted by molar-refractivity contribution is 6.08. The van der Waals surface area contributed by atoms with Crippen molar-refractivity contribution in [3.63, 3.8) is 0 Å². The standard InChI is InChI=1S/C19H16O/c1-14-7-2-3-9-16(14)13-19(20)18-12-6-10-15-8-4-5-11-17(15)18/h2-12H,13H2,1H3. The zero-order valence-electron chi connectivity index (χ0n) is 11.5. The highest BCUT2D eigenvalue weighted by Crippen LogP contribution is 2.20. The third-order valence-electron chi connectivity index (χ3n) is 3.70. The molecule has 0 spiro atoms. The van der Waals surface area contributed by atoms with Crippen LogP contribution in [0.1, 0.15) is 21.5 Å². The van der Waals surface area contributed by atoms with Gasteiger partial charge in [-0.3, -0.25) is 4.79 Å². The minimum absolute atomic E-state index is 0.177. The summed E-state index contributed by atoms with van der Waals surface area (Å²) < 4.78 is 0. The summed E-state index contributed by atoms with van der Waals surface area (Å²) >= 11 is 0. The Morgan fingerprint density at radius 2 is 1.55 bits per heavy atom. The second-order valence-corrected chi connectivity index (χ2v) is 5.05. The Morgan fingerprint density at radius 3 is 2.40 bits per heavy atom. The summed E-state index contributed by atoms with van der Waals surface area (Å²) in [6, 6.07) is 22.0. The fourth-order valence-corrected chi connectivity index (χ4v) is 2.55. The Morgan fingerprint density at radius 1 is 0.850 bits per heavy atom. The molecule has 0 aromatic heterocycles. The van der Waals surface area contributed by atoms with Crippen LogP contribution in [-0.2, 0) is 6.42 Å². The van der Waals surface area contributed by atoms with Gasteiger partial charge in [0.2, 0.25) is 0 Å². The summed E-state index contributed by atoms with van der Waals surface area (Å²) in [5.41, 5.74) is 3.08. The lowest BCUT2D eigenvalue weighted by molar-refractivity contribution is 0.0994. The van der Waals surface area contributed by atoms with Crippen LogP contribution >= 0.6 is 0 Å². The van der Waals surface area contributed by atoms with Gasteiger partial charge in [-0.2, -0.15) is 0 Å². The number of hydrogen-bond acceptors (Lipinski definition) is 1. The van der Waals surface area contributed by atoms with Crippen molar-refractivity contribution in [2.75, 3.05) is 0 Å². The van der Waals surface area contributed by atoms with E-state index in [1.165, 1.54) is 5.56 Å². The highest BCUT2D eigenvalue weighted by Gasteiger charge is 2.11. The van der Waals surface area contributed by atoms with Crippen molar-refractivity contribution in [2.24, 2.45) is 0 Å². The van der Waals surface area contributed by atoms with Gasteiger partial charge in [0.25, 0.3) is 0 Å². The number of benzene rings is 3. The summed E-state index contributed by atoms with van der Waals surface area (Å²) in [4.78, 5) is 12.6. The minimum Gasteiger partial charge on any atom is -0.294 e. The molecule has 20 heavy (non-hydrogen) atoms. The average Bonchev–Trinajstić information content (AvgIpc) is 2.49. The Hall–Kier alpha value is -2.41. The van der Waals surface area contributed by atoms with E-state index >= 15 is 0 Å². The molecule has 0 aliphatic heterocycles. The summed E-state index contributed by atoms with van der Waals surface area (Å²) in [5, 5.41) is 2.15. The molecule has 0 heterocycles. The monoisotopic (exact) mass is 260 g/mol. The van der Waals surface area contributed by atoms with Gasteiger partial charge >= 0.3 is 0 Å². The van der Waals surface area contributed by atoms with Gasteiger partial charge in [-0.1, -0.05) is 66.7 Å². The Labute approximate surface area is 118 Å². The molecule has 0 N–H and O–H groups in total. The number of rotatable bonds is 3. The van der Waals surface area contributed by atoms with Gasteiger partial charge in [-0.25, -0.2) is 0 Å². The van der Waals surface area contributed by atoms with Gasteiger partial charge in [0.15, 0.2) is 5.78 Å². The van der Waals surface area contributed by atoms with Crippen molar-refractivity contribution in [3.05, 3.63) is 83.4 Å². The molecule has 0 radical (unpaired) electrons. The molecule has 0 aliphatic carbocycles. The first-order valence-corrected chi connectivity index (χ1v) is 6.81. The van der Waals surface area contributed by atoms with E-state index in [0.717, 1.165) is 21.9 Å². The third-order valence-corrected chi connectivity index (χ3v) is 3.70. The van der Waals surface area contributed by atoms with E-state index in [4.69, 9.17) is 0 Å². The topological polar surface area (TPSA) is 17.1 Å². The van der Waals surface area contributed by atoms with Crippen molar-refractivity contribution in [3.8, 4) is 0 Å². The third kappa shape index (κ3) is 2.35. The maximum Gasteiger partial charge on any atom is 0.167 e. The largest absolute Gasteiger partial charge is 0.294 e. The van der Waals surface area contributed by atoms with Gasteiger partial charge in [0.1, 0.15) is 0 Å². The molecule has 98 valence electrons. The number of carbonyl (C=O) groups excluding carboxylic acids is 1. The predicted molar refractivity (Wildman–Crippen MR) is 83.2 cm³/mol. The first kappa shape index (κ1) is 12.6. The first-order valence-electron chi connectivity index (χ1n) is 6.81. The molecule has 0 saturated carbocycles. The number of Topliss-reactive ketones (excluding diaryl/α,β-unsaturated/α-hetero) is 1. The Kier molecular flexibility index (Phi) is 3.34. The van der Waals surface area contributed by atoms with Crippen molar-refractivity contribution in [1.82, 2.24) is 0 Å². The molecule has 0 unspecified atom stereocenters. The van der Waals surface area contributed by atoms with Gasteiger partial charge in [0.05, 0.1) is 0 Å². The predicted octanol–water partition coefficient (Wildman–Crippen LogP) is 4.57. The number of hydrogen-bond donors (Lipinski definition) is 0. The Balaban J connectivity index is 1.99. The molecule has 3 aromatic rings. The second kappa shape index (κ2) is 5.30. The van der Waals surface area contributed by atoms with Crippen LogP contribution < -0.4 is 0 Å². The molecular formula is C19H16O. The van der Waals surface area contributed by atoms with Crippen LogP contribution in [0.15, 0.2) is 66.7 Å². The number of ketones is 1. The SMILES string of the molecule is Cc1ccccc1CC(=O)c1cccc2ccccc12. The second-order valence-electron chi connectivity index (χ2n) is 5.05. The van der Waals surface area contributed by atoms with Gasteiger partial charge in [0, 0.05) is 12.0 Å². The first-order chi connectivity index (χ1) is 9.75. The lowest BCUT2D eigenvalue weighted by Crippen LogP contribution is -2.05. The van der Waals surface area contributed by atoms with Crippen molar-refractivity contribution in [2.45, 2.75) is 13.3 Å². The number of fused-ring (bicyclic) bond motifs is 1. The van der Waals surface area contributed by atoms with Gasteiger partial charge in [-0.15, -0.1) is 0 Å². The molecule has 3 rings (SSSR count).